The van der Waals surface area contributed by atoms with Gasteiger partial charge in [0.1, 0.15) is 0 Å². The van der Waals surface area contributed by atoms with Gasteiger partial charge < -0.3 is 5.11 Å². The molecule has 0 bridgehead atoms. The largest absolute Gasteiger partial charge is 0.481 e. The van der Waals surface area contributed by atoms with Gasteiger partial charge in [-0.25, -0.2) is 0 Å². The van der Waals surface area contributed by atoms with Crippen LogP contribution in [-0.4, -0.2) is 11.1 Å². The molecular formula is C20H32O2. The number of rotatable bonds is 14. The van der Waals surface area contributed by atoms with E-state index in [2.05, 4.69) is 37.3 Å². The molecule has 0 saturated heterocycles. The lowest BCUT2D eigenvalue weighted by Crippen LogP contribution is -1.93. The fraction of sp³-hybridized carbons (Fsp3) is 0.550. The lowest BCUT2D eigenvalue weighted by atomic mass is 10.1. The summed E-state index contributed by atoms with van der Waals surface area (Å²) < 4.78 is 0. The smallest absolute Gasteiger partial charge is 0.303 e. The Morgan fingerprint density at radius 2 is 1.23 bits per heavy atom. The van der Waals surface area contributed by atoms with E-state index in [1.54, 1.807) is 0 Å². The summed E-state index contributed by atoms with van der Waals surface area (Å²) in [7, 11) is 0. The summed E-state index contributed by atoms with van der Waals surface area (Å²) in [6.07, 6.45) is 27.3. The van der Waals surface area contributed by atoms with Gasteiger partial charge in [0.05, 0.1) is 0 Å². The first-order chi connectivity index (χ1) is 10.8. The minimum Gasteiger partial charge on any atom is -0.481 e. The molecule has 22 heavy (non-hydrogen) atoms. The summed E-state index contributed by atoms with van der Waals surface area (Å²) >= 11 is 0. The molecule has 0 saturated carbocycles. The highest BCUT2D eigenvalue weighted by molar-refractivity contribution is 5.66. The molecule has 0 fully saturated rings. The number of hydrogen-bond acceptors (Lipinski definition) is 1. The van der Waals surface area contributed by atoms with Crippen LogP contribution in [0.25, 0.3) is 0 Å². The first-order valence-electron chi connectivity index (χ1n) is 8.64. The highest BCUT2D eigenvalue weighted by Gasteiger charge is 1.94. The SMILES string of the molecule is CCCCCC/C=C/C=C/C=C/C=C/CCCCCC(=O)O. The third-order valence-electron chi connectivity index (χ3n) is 3.31. The van der Waals surface area contributed by atoms with E-state index in [0.717, 1.165) is 25.7 Å². The van der Waals surface area contributed by atoms with Gasteiger partial charge in [0.2, 0.25) is 0 Å². The molecule has 0 aromatic rings. The van der Waals surface area contributed by atoms with Crippen molar-refractivity contribution in [1.29, 1.82) is 0 Å². The van der Waals surface area contributed by atoms with Gasteiger partial charge in [-0.1, -0.05) is 81.2 Å². The van der Waals surface area contributed by atoms with Crippen LogP contribution in [0.3, 0.4) is 0 Å². The number of unbranched alkanes of at least 4 members (excludes halogenated alkanes) is 7. The third kappa shape index (κ3) is 18.4. The van der Waals surface area contributed by atoms with Crippen molar-refractivity contribution in [3.63, 3.8) is 0 Å². The molecule has 0 spiro atoms. The van der Waals surface area contributed by atoms with Crippen LogP contribution in [0.15, 0.2) is 48.6 Å². The molecule has 0 aromatic heterocycles. The molecular weight excluding hydrogens is 272 g/mol. The summed E-state index contributed by atoms with van der Waals surface area (Å²) in [5.74, 6) is -0.694. The monoisotopic (exact) mass is 304 g/mol. The number of carboxylic acid groups (broad SMARTS) is 1. The highest BCUT2D eigenvalue weighted by Crippen LogP contribution is 2.04. The van der Waals surface area contributed by atoms with Gasteiger partial charge in [-0.3, -0.25) is 4.79 Å². The summed E-state index contributed by atoms with van der Waals surface area (Å²) in [5, 5.41) is 8.50. The van der Waals surface area contributed by atoms with Crippen LogP contribution in [0.1, 0.15) is 71.1 Å². The van der Waals surface area contributed by atoms with E-state index < -0.39 is 5.97 Å². The van der Waals surface area contributed by atoms with E-state index in [9.17, 15) is 4.79 Å². The summed E-state index contributed by atoms with van der Waals surface area (Å²) in [6, 6.07) is 0. The van der Waals surface area contributed by atoms with E-state index in [4.69, 9.17) is 5.11 Å². The van der Waals surface area contributed by atoms with Crippen molar-refractivity contribution in [3.05, 3.63) is 48.6 Å². The molecule has 0 aliphatic heterocycles. The molecule has 2 heteroatoms. The van der Waals surface area contributed by atoms with Crippen LogP contribution in [0, 0.1) is 0 Å². The van der Waals surface area contributed by atoms with Crippen LogP contribution < -0.4 is 0 Å². The minimum absolute atomic E-state index is 0.292. The van der Waals surface area contributed by atoms with Gasteiger partial charge in [-0.05, 0) is 32.1 Å². The Balaban J connectivity index is 3.44. The average molecular weight is 304 g/mol. The van der Waals surface area contributed by atoms with Crippen LogP contribution >= 0.6 is 0 Å². The summed E-state index contributed by atoms with van der Waals surface area (Å²) in [5.41, 5.74) is 0. The summed E-state index contributed by atoms with van der Waals surface area (Å²) in [4.78, 5) is 10.3. The number of allylic oxidation sites excluding steroid dienone is 8. The quantitative estimate of drug-likeness (QED) is 0.305. The molecule has 124 valence electrons. The van der Waals surface area contributed by atoms with Gasteiger partial charge in [-0.15, -0.1) is 0 Å². The molecule has 0 aliphatic rings. The van der Waals surface area contributed by atoms with E-state index in [1.807, 2.05) is 18.2 Å². The lowest BCUT2D eigenvalue weighted by molar-refractivity contribution is -0.137. The van der Waals surface area contributed by atoms with Crippen LogP contribution in [0.4, 0.5) is 0 Å². The lowest BCUT2D eigenvalue weighted by Gasteiger charge is -1.94. The average Bonchev–Trinajstić information content (AvgIpc) is 2.50. The molecule has 0 unspecified atom stereocenters. The molecule has 0 aromatic carbocycles. The molecule has 0 amide bonds. The summed E-state index contributed by atoms with van der Waals surface area (Å²) in [6.45, 7) is 2.23. The van der Waals surface area contributed by atoms with E-state index >= 15 is 0 Å². The van der Waals surface area contributed by atoms with E-state index in [1.165, 1.54) is 32.1 Å². The zero-order valence-corrected chi connectivity index (χ0v) is 14.0. The van der Waals surface area contributed by atoms with Crippen LogP contribution in [0.2, 0.25) is 0 Å². The Bertz CT molecular complexity index is 362. The number of hydrogen-bond donors (Lipinski definition) is 1. The Labute approximate surface area is 136 Å². The zero-order valence-electron chi connectivity index (χ0n) is 14.0. The predicted molar refractivity (Wildman–Crippen MR) is 96.0 cm³/mol. The Kier molecular flexibility index (Phi) is 16.2. The van der Waals surface area contributed by atoms with Gasteiger partial charge in [0, 0.05) is 6.42 Å². The molecule has 2 nitrogen and oxygen atoms in total. The predicted octanol–water partition coefficient (Wildman–Crippen LogP) is 6.22. The van der Waals surface area contributed by atoms with Crippen molar-refractivity contribution in [2.24, 2.45) is 0 Å². The van der Waals surface area contributed by atoms with Gasteiger partial charge in [0.25, 0.3) is 0 Å². The van der Waals surface area contributed by atoms with Crippen molar-refractivity contribution < 1.29 is 9.90 Å². The van der Waals surface area contributed by atoms with Gasteiger partial charge >= 0.3 is 5.97 Å². The Morgan fingerprint density at radius 1 is 0.727 bits per heavy atom. The first kappa shape index (κ1) is 20.4. The van der Waals surface area contributed by atoms with Crippen molar-refractivity contribution in [2.75, 3.05) is 0 Å². The minimum atomic E-state index is -0.694. The maximum absolute atomic E-state index is 10.3. The molecule has 0 rings (SSSR count). The van der Waals surface area contributed by atoms with Crippen LogP contribution in [-0.2, 0) is 4.79 Å². The number of aliphatic carboxylic acids is 1. The van der Waals surface area contributed by atoms with Gasteiger partial charge in [0.15, 0.2) is 0 Å². The number of carbonyl (C=O) groups is 1. The second kappa shape index (κ2) is 17.5. The third-order valence-corrected chi connectivity index (χ3v) is 3.31. The number of carboxylic acids is 1. The molecule has 0 atom stereocenters. The van der Waals surface area contributed by atoms with Crippen molar-refractivity contribution >= 4 is 5.97 Å². The molecule has 1 N–H and O–H groups in total. The van der Waals surface area contributed by atoms with Crippen molar-refractivity contribution in [3.8, 4) is 0 Å². The second-order valence-electron chi connectivity index (χ2n) is 5.47. The Morgan fingerprint density at radius 3 is 1.73 bits per heavy atom. The maximum atomic E-state index is 10.3. The fourth-order valence-electron chi connectivity index (χ4n) is 2.01. The normalized spacial score (nSPS) is 12.4. The topological polar surface area (TPSA) is 37.3 Å². The zero-order chi connectivity index (χ0) is 16.3. The molecule has 0 heterocycles. The fourth-order valence-corrected chi connectivity index (χ4v) is 2.01. The van der Waals surface area contributed by atoms with Crippen LogP contribution in [0.5, 0.6) is 0 Å². The van der Waals surface area contributed by atoms with Crippen molar-refractivity contribution in [2.45, 2.75) is 71.1 Å². The first-order valence-corrected chi connectivity index (χ1v) is 8.64. The molecule has 0 aliphatic carbocycles. The maximum Gasteiger partial charge on any atom is 0.303 e. The van der Waals surface area contributed by atoms with E-state index in [-0.39, 0.29) is 0 Å². The second-order valence-corrected chi connectivity index (χ2v) is 5.47. The highest BCUT2D eigenvalue weighted by atomic mass is 16.4. The van der Waals surface area contributed by atoms with Gasteiger partial charge in [-0.2, -0.15) is 0 Å². The molecule has 0 radical (unpaired) electrons. The van der Waals surface area contributed by atoms with E-state index in [0.29, 0.717) is 6.42 Å². The Hall–Kier alpha value is -1.57. The van der Waals surface area contributed by atoms with Crippen molar-refractivity contribution in [1.82, 2.24) is 0 Å². The standard InChI is InChI=1S/C20H32O2/c1-2-3-4-5-6-7-8-9-10-11-12-13-14-15-16-17-18-19-20(21)22/h7-14H,2-6,15-19H2,1H3,(H,21,22)/b8-7+,10-9+,12-11+,14-13+.